The van der Waals surface area contributed by atoms with Crippen molar-refractivity contribution in [3.63, 3.8) is 0 Å². The Kier molecular flexibility index (Phi) is 4.57. The number of aryl methyl sites for hydroxylation is 1. The number of azo groups is 1. The van der Waals surface area contributed by atoms with E-state index in [0.717, 1.165) is 18.6 Å². The lowest BCUT2D eigenvalue weighted by molar-refractivity contribution is 0.509. The minimum absolute atomic E-state index is 0.287. The standard InChI is InChI=1S/C14H11F2IN2/c1-2-9-7-10(4-6-14(9)17)18-19-11-3-5-12(15)13(16)8-11/h3-8H,2H2,1H3. The minimum Gasteiger partial charge on any atom is -0.204 e. The SMILES string of the molecule is CCc1cc(N=Nc2ccc(F)c(F)c2)ccc1I. The Balaban J connectivity index is 2.24. The summed E-state index contributed by atoms with van der Waals surface area (Å²) in [6, 6.07) is 9.17. The largest absolute Gasteiger partial charge is 0.204 e. The van der Waals surface area contributed by atoms with Crippen LogP contribution in [0.3, 0.4) is 0 Å². The van der Waals surface area contributed by atoms with E-state index in [2.05, 4.69) is 39.7 Å². The van der Waals surface area contributed by atoms with E-state index < -0.39 is 11.6 Å². The molecule has 0 amide bonds. The second kappa shape index (κ2) is 6.18. The summed E-state index contributed by atoms with van der Waals surface area (Å²) in [5.74, 6) is -1.81. The fraction of sp³-hybridized carbons (Fsp3) is 0.143. The maximum Gasteiger partial charge on any atom is 0.161 e. The first kappa shape index (κ1) is 14.0. The summed E-state index contributed by atoms with van der Waals surface area (Å²) in [6.45, 7) is 2.06. The fourth-order valence-corrected chi connectivity index (χ4v) is 2.27. The van der Waals surface area contributed by atoms with E-state index in [9.17, 15) is 8.78 Å². The van der Waals surface area contributed by atoms with E-state index in [0.29, 0.717) is 5.69 Å². The number of benzene rings is 2. The Morgan fingerprint density at radius 2 is 1.58 bits per heavy atom. The Labute approximate surface area is 123 Å². The van der Waals surface area contributed by atoms with E-state index in [4.69, 9.17) is 0 Å². The molecule has 0 fully saturated rings. The molecule has 0 atom stereocenters. The molecular formula is C14H11F2IN2. The topological polar surface area (TPSA) is 24.7 Å². The number of hydrogen-bond donors (Lipinski definition) is 0. The Morgan fingerprint density at radius 1 is 0.947 bits per heavy atom. The van der Waals surface area contributed by atoms with Gasteiger partial charge in [0.25, 0.3) is 0 Å². The zero-order valence-electron chi connectivity index (χ0n) is 10.2. The van der Waals surface area contributed by atoms with Crippen LogP contribution in [-0.4, -0.2) is 0 Å². The lowest BCUT2D eigenvalue weighted by Gasteiger charge is -2.01. The van der Waals surface area contributed by atoms with Crippen molar-refractivity contribution < 1.29 is 8.78 Å². The average molecular weight is 372 g/mol. The maximum absolute atomic E-state index is 13.0. The summed E-state index contributed by atoms with van der Waals surface area (Å²) >= 11 is 2.26. The van der Waals surface area contributed by atoms with Gasteiger partial charge < -0.3 is 0 Å². The van der Waals surface area contributed by atoms with Gasteiger partial charge in [0.2, 0.25) is 0 Å². The van der Waals surface area contributed by atoms with Crippen LogP contribution in [-0.2, 0) is 6.42 Å². The molecular weight excluding hydrogens is 361 g/mol. The molecule has 0 aliphatic heterocycles. The third kappa shape index (κ3) is 3.56. The van der Waals surface area contributed by atoms with E-state index in [1.807, 2.05) is 18.2 Å². The number of nitrogens with zero attached hydrogens (tertiary/aromatic N) is 2. The summed E-state index contributed by atoms with van der Waals surface area (Å²) in [5, 5.41) is 7.93. The number of halogens is 3. The van der Waals surface area contributed by atoms with Crippen molar-refractivity contribution in [3.8, 4) is 0 Å². The van der Waals surface area contributed by atoms with E-state index in [-0.39, 0.29) is 5.69 Å². The lowest BCUT2D eigenvalue weighted by Crippen LogP contribution is -1.84. The average Bonchev–Trinajstić information content (AvgIpc) is 2.41. The first-order valence-corrected chi connectivity index (χ1v) is 6.83. The van der Waals surface area contributed by atoms with Gasteiger partial charge in [0.05, 0.1) is 11.4 Å². The van der Waals surface area contributed by atoms with Crippen LogP contribution < -0.4 is 0 Å². The van der Waals surface area contributed by atoms with Crippen molar-refractivity contribution in [1.29, 1.82) is 0 Å². The van der Waals surface area contributed by atoms with E-state index in [1.54, 1.807) is 0 Å². The van der Waals surface area contributed by atoms with Crippen LogP contribution in [0.4, 0.5) is 20.2 Å². The van der Waals surface area contributed by atoms with E-state index in [1.165, 1.54) is 15.2 Å². The highest BCUT2D eigenvalue weighted by molar-refractivity contribution is 14.1. The number of rotatable bonds is 3. The molecule has 5 heteroatoms. The van der Waals surface area contributed by atoms with E-state index >= 15 is 0 Å². The lowest BCUT2D eigenvalue weighted by atomic mass is 10.1. The monoisotopic (exact) mass is 372 g/mol. The van der Waals surface area contributed by atoms with Gasteiger partial charge in [-0.05, 0) is 64.9 Å². The van der Waals surface area contributed by atoms with Crippen molar-refractivity contribution in [3.05, 3.63) is 57.2 Å². The zero-order chi connectivity index (χ0) is 13.8. The third-order valence-corrected chi connectivity index (χ3v) is 3.65. The molecule has 0 aliphatic carbocycles. The van der Waals surface area contributed by atoms with Gasteiger partial charge in [-0.2, -0.15) is 10.2 Å². The normalized spacial score (nSPS) is 11.2. The van der Waals surface area contributed by atoms with Gasteiger partial charge >= 0.3 is 0 Å². The van der Waals surface area contributed by atoms with Crippen molar-refractivity contribution in [2.24, 2.45) is 10.2 Å². The third-order valence-electron chi connectivity index (χ3n) is 2.59. The fourth-order valence-electron chi connectivity index (χ4n) is 1.56. The molecule has 0 saturated carbocycles. The highest BCUT2D eigenvalue weighted by atomic mass is 127. The molecule has 0 spiro atoms. The van der Waals surface area contributed by atoms with Crippen molar-refractivity contribution >= 4 is 34.0 Å². The predicted molar refractivity (Wildman–Crippen MR) is 79.1 cm³/mol. The van der Waals surface area contributed by atoms with Gasteiger partial charge in [-0.15, -0.1) is 0 Å². The molecule has 0 bridgehead atoms. The molecule has 2 rings (SSSR count). The molecule has 0 heterocycles. The molecule has 98 valence electrons. The summed E-state index contributed by atoms with van der Waals surface area (Å²) < 4.78 is 26.9. The Hall–Kier alpha value is -1.37. The highest BCUT2D eigenvalue weighted by Crippen LogP contribution is 2.23. The summed E-state index contributed by atoms with van der Waals surface area (Å²) in [7, 11) is 0. The zero-order valence-corrected chi connectivity index (χ0v) is 12.4. The minimum atomic E-state index is -0.923. The molecule has 0 aliphatic rings. The Morgan fingerprint density at radius 3 is 2.21 bits per heavy atom. The van der Waals surface area contributed by atoms with Crippen LogP contribution in [0.15, 0.2) is 46.6 Å². The summed E-state index contributed by atoms with van der Waals surface area (Å²) in [6.07, 6.45) is 0.910. The van der Waals surface area contributed by atoms with Crippen LogP contribution in [0, 0.1) is 15.2 Å². The first-order chi connectivity index (χ1) is 9.10. The van der Waals surface area contributed by atoms with Gasteiger partial charge in [0, 0.05) is 9.64 Å². The molecule has 0 N–H and O–H groups in total. The van der Waals surface area contributed by atoms with Gasteiger partial charge in [-0.3, -0.25) is 0 Å². The smallest absolute Gasteiger partial charge is 0.161 e. The molecule has 2 nitrogen and oxygen atoms in total. The van der Waals surface area contributed by atoms with Gasteiger partial charge in [-0.25, -0.2) is 8.78 Å². The molecule has 0 aromatic heterocycles. The maximum atomic E-state index is 13.0. The van der Waals surface area contributed by atoms with Gasteiger partial charge in [0.1, 0.15) is 0 Å². The Bertz CT molecular complexity index is 627. The van der Waals surface area contributed by atoms with Gasteiger partial charge in [0.15, 0.2) is 11.6 Å². The second-order valence-corrected chi connectivity index (χ2v) is 5.09. The highest BCUT2D eigenvalue weighted by Gasteiger charge is 2.02. The summed E-state index contributed by atoms with van der Waals surface area (Å²) in [5.41, 5.74) is 2.17. The van der Waals surface area contributed by atoms with Crippen molar-refractivity contribution in [2.45, 2.75) is 13.3 Å². The van der Waals surface area contributed by atoms with Crippen LogP contribution >= 0.6 is 22.6 Å². The molecule has 0 unspecified atom stereocenters. The van der Waals surface area contributed by atoms with Gasteiger partial charge in [-0.1, -0.05) is 6.92 Å². The molecule has 0 radical (unpaired) electrons. The predicted octanol–water partition coefficient (Wildman–Crippen LogP) is 5.55. The van der Waals surface area contributed by atoms with Crippen LogP contribution in [0.2, 0.25) is 0 Å². The second-order valence-electron chi connectivity index (χ2n) is 3.93. The summed E-state index contributed by atoms with van der Waals surface area (Å²) in [4.78, 5) is 0. The molecule has 0 saturated heterocycles. The van der Waals surface area contributed by atoms with Crippen molar-refractivity contribution in [1.82, 2.24) is 0 Å². The number of hydrogen-bond acceptors (Lipinski definition) is 2. The van der Waals surface area contributed by atoms with Crippen LogP contribution in [0.25, 0.3) is 0 Å². The molecule has 2 aromatic rings. The van der Waals surface area contributed by atoms with Crippen molar-refractivity contribution in [2.75, 3.05) is 0 Å². The van der Waals surface area contributed by atoms with Crippen LogP contribution in [0.5, 0.6) is 0 Å². The van der Waals surface area contributed by atoms with Crippen LogP contribution in [0.1, 0.15) is 12.5 Å². The first-order valence-electron chi connectivity index (χ1n) is 5.75. The molecule has 19 heavy (non-hydrogen) atoms. The quantitative estimate of drug-likeness (QED) is 0.499. The molecule has 2 aromatic carbocycles.